The van der Waals surface area contributed by atoms with E-state index >= 15 is 0 Å². The van der Waals surface area contributed by atoms with Crippen LogP contribution >= 0.6 is 23.2 Å². The largest absolute Gasteiger partial charge is 0.285 e. The fourth-order valence-corrected chi connectivity index (χ4v) is 5.34. The van der Waals surface area contributed by atoms with Crippen molar-refractivity contribution in [1.29, 1.82) is 0 Å². The maximum Gasteiger partial charge on any atom is 0.269 e. The van der Waals surface area contributed by atoms with Gasteiger partial charge in [-0.25, -0.2) is 8.42 Å². The number of rotatable bonds is 6. The Morgan fingerprint density at radius 1 is 0.679 bits per heavy atom. The van der Waals surface area contributed by atoms with Crippen molar-refractivity contribution in [3.63, 3.8) is 0 Å². The Kier molecular flexibility index (Phi) is 8.57. The second-order valence-electron chi connectivity index (χ2n) is 5.46. The summed E-state index contributed by atoms with van der Waals surface area (Å²) in [6.07, 6.45) is 0. The van der Waals surface area contributed by atoms with Crippen molar-refractivity contribution < 1.29 is 34.4 Å². The Hall–Kier alpha value is -0.210. The van der Waals surface area contributed by atoms with Gasteiger partial charge in [-0.3, -0.25) is 9.11 Å². The molecule has 1 radical (unpaired) electrons. The molecule has 0 aliphatic heterocycles. The van der Waals surface area contributed by atoms with Crippen LogP contribution in [0.3, 0.4) is 0 Å². The molecule has 14 heteroatoms. The van der Waals surface area contributed by atoms with Crippen LogP contribution in [0, 0.1) is 0 Å². The van der Waals surface area contributed by atoms with Gasteiger partial charge < -0.3 is 0 Å². The third-order valence-corrected chi connectivity index (χ3v) is 7.17. The summed E-state index contributed by atoms with van der Waals surface area (Å²) < 4.78 is 87.7. The molecule has 149 valence electrons. The molecule has 28 heavy (non-hydrogen) atoms. The summed E-state index contributed by atoms with van der Waals surface area (Å²) in [5.41, 5.74) is -0.264. The topological polar surface area (TPSA) is 143 Å². The minimum absolute atomic E-state index is 0. The van der Waals surface area contributed by atoms with Crippen LogP contribution in [0.2, 0.25) is 10.0 Å². The fourth-order valence-electron chi connectivity index (χ4n) is 2.19. The van der Waals surface area contributed by atoms with Crippen LogP contribution in [0.1, 0.15) is 11.1 Å². The van der Waals surface area contributed by atoms with Crippen molar-refractivity contribution in [1.82, 2.24) is 0 Å². The second-order valence-corrected chi connectivity index (χ2v) is 11.1. The van der Waals surface area contributed by atoms with E-state index in [-0.39, 0.29) is 60.5 Å². The molecule has 0 aliphatic carbocycles. The Balaban J connectivity index is 0.00000392. The van der Waals surface area contributed by atoms with E-state index in [1.54, 1.807) is 0 Å². The van der Waals surface area contributed by atoms with Crippen molar-refractivity contribution >= 4 is 82.8 Å². The van der Waals surface area contributed by atoms with E-state index in [1.165, 1.54) is 0 Å². The van der Waals surface area contributed by atoms with Crippen LogP contribution in [0.4, 0.5) is 0 Å². The van der Waals surface area contributed by atoms with E-state index in [2.05, 4.69) is 0 Å². The van der Waals surface area contributed by atoms with Gasteiger partial charge in [0.05, 0.1) is 9.79 Å². The average Bonchev–Trinajstić information content (AvgIpc) is 2.48. The molecule has 2 N–H and O–H groups in total. The fraction of sp³-hybridized carbons (Fsp3) is 0.143. The summed E-state index contributed by atoms with van der Waals surface area (Å²) in [4.78, 5) is -0.656. The Bertz CT molecular complexity index is 1120. The molecule has 0 saturated heterocycles. The van der Waals surface area contributed by atoms with Gasteiger partial charge in [-0.1, -0.05) is 23.2 Å². The number of sulfone groups is 1. The zero-order chi connectivity index (χ0) is 20.6. The summed E-state index contributed by atoms with van der Waals surface area (Å²) in [6, 6.07) is 6.55. The first-order chi connectivity index (χ1) is 12.2. The van der Waals surface area contributed by atoms with Crippen molar-refractivity contribution in [3.8, 4) is 0 Å². The first kappa shape index (κ1) is 25.8. The van der Waals surface area contributed by atoms with Crippen molar-refractivity contribution in [2.24, 2.45) is 0 Å². The van der Waals surface area contributed by atoms with Gasteiger partial charge >= 0.3 is 0 Å². The van der Waals surface area contributed by atoms with E-state index < -0.39 is 41.6 Å². The molecule has 0 fully saturated rings. The van der Waals surface area contributed by atoms with Crippen LogP contribution < -0.4 is 0 Å². The summed E-state index contributed by atoms with van der Waals surface area (Å²) in [6.45, 7) is 0. The molecular formula is C14H12Cl2NaO8S3. The molecule has 2 aromatic rings. The molecule has 0 spiro atoms. The smallest absolute Gasteiger partial charge is 0.269 e. The average molecular weight is 498 g/mol. The van der Waals surface area contributed by atoms with E-state index in [1.807, 2.05) is 0 Å². The predicted octanol–water partition coefficient (Wildman–Crippen LogP) is 2.22. The van der Waals surface area contributed by atoms with E-state index in [9.17, 15) is 25.3 Å². The molecule has 0 amide bonds. The maximum atomic E-state index is 12.8. The standard InChI is InChI=1S/C14H12Cl2O8S3.Na/c15-13-3-1-11(5-9(13)7-25(17,18)19)27(23,24)12-2-4-14(16)10(6-12)8-26(20,21)22;/h1-6H,7-8H2,(H,17,18,19)(H,20,21,22);. The van der Waals surface area contributed by atoms with Crippen LogP contribution in [0.5, 0.6) is 0 Å². The zero-order valence-corrected chi connectivity index (χ0v) is 20.2. The minimum atomic E-state index is -4.45. The monoisotopic (exact) mass is 497 g/mol. The van der Waals surface area contributed by atoms with Gasteiger partial charge in [0.2, 0.25) is 9.84 Å². The maximum absolute atomic E-state index is 12.8. The molecule has 0 unspecified atom stereocenters. The number of benzene rings is 2. The van der Waals surface area contributed by atoms with Crippen LogP contribution in [-0.4, -0.2) is 63.9 Å². The van der Waals surface area contributed by atoms with Gasteiger partial charge in [0, 0.05) is 39.6 Å². The van der Waals surface area contributed by atoms with Gasteiger partial charge in [-0.05, 0) is 47.5 Å². The molecule has 0 saturated carbocycles. The van der Waals surface area contributed by atoms with E-state index in [0.717, 1.165) is 36.4 Å². The molecule has 0 aliphatic rings. The molecule has 8 nitrogen and oxygen atoms in total. The van der Waals surface area contributed by atoms with Gasteiger partial charge in [0.1, 0.15) is 11.5 Å². The summed E-state index contributed by atoms with van der Waals surface area (Å²) >= 11 is 11.7. The molecule has 0 aromatic heterocycles. The van der Waals surface area contributed by atoms with Crippen LogP contribution in [0.15, 0.2) is 46.2 Å². The van der Waals surface area contributed by atoms with Crippen LogP contribution in [0.25, 0.3) is 0 Å². The molecule has 2 rings (SSSR count). The molecular weight excluding hydrogens is 486 g/mol. The Morgan fingerprint density at radius 3 is 1.29 bits per heavy atom. The second kappa shape index (κ2) is 9.29. The van der Waals surface area contributed by atoms with Crippen molar-refractivity contribution in [2.45, 2.75) is 21.3 Å². The zero-order valence-electron chi connectivity index (χ0n) is 14.2. The van der Waals surface area contributed by atoms with Gasteiger partial charge in [-0.2, -0.15) is 16.8 Å². The molecule has 0 bridgehead atoms. The number of hydrogen-bond donors (Lipinski definition) is 2. The molecule has 2 aromatic carbocycles. The SMILES string of the molecule is O=S(=O)(O)Cc1cc(S(=O)(=O)c2ccc(Cl)c(CS(=O)(=O)O)c2)ccc1Cl.[Na]. The van der Waals surface area contributed by atoms with Gasteiger partial charge in [0.15, 0.2) is 0 Å². The Morgan fingerprint density at radius 2 is 1.00 bits per heavy atom. The molecule has 0 heterocycles. The van der Waals surface area contributed by atoms with Gasteiger partial charge in [-0.15, -0.1) is 0 Å². The number of halogens is 2. The minimum Gasteiger partial charge on any atom is -0.285 e. The summed E-state index contributed by atoms with van der Waals surface area (Å²) in [5, 5.41) is -0.121. The number of hydrogen-bond acceptors (Lipinski definition) is 6. The van der Waals surface area contributed by atoms with E-state index in [0.29, 0.717) is 0 Å². The van der Waals surface area contributed by atoms with Gasteiger partial charge in [0.25, 0.3) is 20.2 Å². The van der Waals surface area contributed by atoms with Crippen molar-refractivity contribution in [2.75, 3.05) is 0 Å². The van der Waals surface area contributed by atoms with Crippen LogP contribution in [-0.2, 0) is 41.6 Å². The normalized spacial score (nSPS) is 12.4. The summed E-state index contributed by atoms with van der Waals surface area (Å²) in [7, 11) is -13.1. The first-order valence-electron chi connectivity index (χ1n) is 6.91. The predicted molar refractivity (Wildman–Crippen MR) is 105 cm³/mol. The van der Waals surface area contributed by atoms with Crippen molar-refractivity contribution in [3.05, 3.63) is 57.6 Å². The summed E-state index contributed by atoms with van der Waals surface area (Å²) in [5.74, 6) is -1.77. The third kappa shape index (κ3) is 6.94. The Labute approximate surface area is 194 Å². The molecule has 0 atom stereocenters. The first-order valence-corrected chi connectivity index (χ1v) is 12.4. The van der Waals surface area contributed by atoms with E-state index in [4.69, 9.17) is 32.3 Å². The third-order valence-electron chi connectivity index (χ3n) is 3.33. The quantitative estimate of drug-likeness (QED) is 0.456.